The monoisotopic (exact) mass is 352 g/mol. The van der Waals surface area contributed by atoms with E-state index >= 15 is 0 Å². The molecule has 7 heteroatoms. The highest BCUT2D eigenvalue weighted by atomic mass is 32.1. The van der Waals surface area contributed by atoms with E-state index in [0.29, 0.717) is 6.61 Å². The molecular formula is C18H16N4O2S. The Balaban J connectivity index is 1.56. The van der Waals surface area contributed by atoms with Gasteiger partial charge < -0.3 is 9.47 Å². The maximum absolute atomic E-state index is 5.80. The first-order chi connectivity index (χ1) is 12.2. The maximum Gasteiger partial charge on any atom is 0.235 e. The Hall–Kier alpha value is -2.93. The number of methoxy groups -OCH3 is 1. The van der Waals surface area contributed by atoms with E-state index in [-0.39, 0.29) is 0 Å². The van der Waals surface area contributed by atoms with Gasteiger partial charge >= 0.3 is 0 Å². The second kappa shape index (κ2) is 6.52. The van der Waals surface area contributed by atoms with E-state index in [1.165, 1.54) is 16.9 Å². The Morgan fingerprint density at radius 1 is 1.04 bits per heavy atom. The first-order valence-corrected chi connectivity index (χ1v) is 8.59. The van der Waals surface area contributed by atoms with Gasteiger partial charge in [-0.3, -0.25) is 0 Å². The van der Waals surface area contributed by atoms with Crippen molar-refractivity contribution in [3.8, 4) is 22.9 Å². The van der Waals surface area contributed by atoms with Crippen LogP contribution in [0.4, 0.5) is 0 Å². The van der Waals surface area contributed by atoms with Crippen molar-refractivity contribution in [1.82, 2.24) is 19.8 Å². The van der Waals surface area contributed by atoms with Crippen molar-refractivity contribution in [3.05, 3.63) is 59.1 Å². The van der Waals surface area contributed by atoms with E-state index in [1.54, 1.807) is 11.6 Å². The minimum absolute atomic E-state index is 0.370. The highest BCUT2D eigenvalue weighted by Crippen LogP contribution is 2.24. The molecule has 6 nitrogen and oxygen atoms in total. The lowest BCUT2D eigenvalue weighted by molar-refractivity contribution is 0.301. The van der Waals surface area contributed by atoms with E-state index in [9.17, 15) is 0 Å². The van der Waals surface area contributed by atoms with Gasteiger partial charge in [0.05, 0.1) is 7.11 Å². The van der Waals surface area contributed by atoms with E-state index < -0.39 is 0 Å². The molecule has 0 aliphatic heterocycles. The molecule has 25 heavy (non-hydrogen) atoms. The average molecular weight is 352 g/mol. The van der Waals surface area contributed by atoms with E-state index in [2.05, 4.69) is 34.4 Å². The van der Waals surface area contributed by atoms with Gasteiger partial charge in [0.15, 0.2) is 10.8 Å². The summed E-state index contributed by atoms with van der Waals surface area (Å²) in [5, 5.41) is 13.9. The molecule has 4 rings (SSSR count). The third-order valence-corrected chi connectivity index (χ3v) is 4.62. The molecule has 2 aromatic carbocycles. The van der Waals surface area contributed by atoms with E-state index in [1.807, 2.05) is 36.4 Å². The quantitative estimate of drug-likeness (QED) is 0.547. The van der Waals surface area contributed by atoms with Crippen molar-refractivity contribution in [1.29, 1.82) is 0 Å². The molecule has 0 unspecified atom stereocenters. The molecule has 0 saturated heterocycles. The molecule has 2 aromatic heterocycles. The van der Waals surface area contributed by atoms with E-state index in [0.717, 1.165) is 32.9 Å². The van der Waals surface area contributed by atoms with Gasteiger partial charge in [0.25, 0.3) is 0 Å². The number of aromatic nitrogens is 4. The highest BCUT2D eigenvalue weighted by Gasteiger charge is 2.13. The minimum Gasteiger partial charge on any atom is -0.497 e. The molecule has 0 amide bonds. The van der Waals surface area contributed by atoms with Crippen LogP contribution in [-0.2, 0) is 6.61 Å². The Morgan fingerprint density at radius 3 is 2.64 bits per heavy atom. The Morgan fingerprint density at radius 2 is 1.84 bits per heavy atom. The summed E-state index contributed by atoms with van der Waals surface area (Å²) in [7, 11) is 1.63. The number of aryl methyl sites for hydroxylation is 1. The molecule has 0 bridgehead atoms. The van der Waals surface area contributed by atoms with Crippen molar-refractivity contribution in [2.75, 3.05) is 7.11 Å². The maximum atomic E-state index is 5.80. The summed E-state index contributed by atoms with van der Waals surface area (Å²) >= 11 is 1.47. The van der Waals surface area contributed by atoms with Crippen molar-refractivity contribution in [3.63, 3.8) is 0 Å². The molecule has 4 aromatic rings. The highest BCUT2D eigenvalue weighted by molar-refractivity contribution is 7.16. The van der Waals surface area contributed by atoms with E-state index in [4.69, 9.17) is 9.47 Å². The molecule has 0 aliphatic carbocycles. The summed E-state index contributed by atoms with van der Waals surface area (Å²) in [6.45, 7) is 2.43. The van der Waals surface area contributed by atoms with Crippen LogP contribution in [0.1, 0.15) is 10.6 Å². The van der Waals surface area contributed by atoms with Crippen LogP contribution in [0.3, 0.4) is 0 Å². The van der Waals surface area contributed by atoms with Crippen molar-refractivity contribution >= 4 is 16.3 Å². The zero-order valence-corrected chi connectivity index (χ0v) is 14.7. The Labute approximate surface area is 148 Å². The van der Waals surface area contributed by atoms with Gasteiger partial charge in [-0.1, -0.05) is 47.2 Å². The average Bonchev–Trinajstić information content (AvgIpc) is 3.21. The fourth-order valence-corrected chi connectivity index (χ4v) is 3.18. The number of nitrogens with zero attached hydrogens (tertiary/aromatic N) is 4. The van der Waals surface area contributed by atoms with Gasteiger partial charge in [0, 0.05) is 11.6 Å². The smallest absolute Gasteiger partial charge is 0.235 e. The minimum atomic E-state index is 0.370. The summed E-state index contributed by atoms with van der Waals surface area (Å²) in [5.41, 5.74) is 2.19. The second-order valence-electron chi connectivity index (χ2n) is 5.55. The third kappa shape index (κ3) is 3.18. The van der Waals surface area contributed by atoms with Gasteiger partial charge in [-0.15, -0.1) is 10.2 Å². The molecule has 0 saturated carbocycles. The standard InChI is InChI=1S/C18H16N4O2S/c1-12-6-8-13(9-7-12)17-19-20-18-22(17)21-16(25-18)11-24-15-5-3-4-14(10-15)23-2/h3-10H,11H2,1-2H3. The fraction of sp³-hybridized carbons (Fsp3) is 0.167. The Bertz CT molecular complexity index is 1010. The normalized spacial score (nSPS) is 11.0. The number of ether oxygens (including phenoxy) is 2. The summed E-state index contributed by atoms with van der Waals surface area (Å²) < 4.78 is 12.8. The van der Waals surface area contributed by atoms with Crippen molar-refractivity contribution in [2.45, 2.75) is 13.5 Å². The van der Waals surface area contributed by atoms with Gasteiger partial charge in [0.2, 0.25) is 4.96 Å². The molecule has 126 valence electrons. The number of hydrogen-bond donors (Lipinski definition) is 0. The van der Waals surface area contributed by atoms with Crippen LogP contribution in [0, 0.1) is 6.92 Å². The summed E-state index contributed by atoms with van der Waals surface area (Å²) in [6, 6.07) is 15.7. The predicted octanol–water partition coefficient (Wildman–Crippen LogP) is 3.75. The zero-order valence-electron chi connectivity index (χ0n) is 13.8. The molecule has 0 fully saturated rings. The summed E-state index contributed by atoms with van der Waals surface area (Å²) in [5.74, 6) is 2.24. The van der Waals surface area contributed by atoms with Crippen molar-refractivity contribution < 1.29 is 9.47 Å². The Kier molecular flexibility index (Phi) is 4.07. The summed E-state index contributed by atoms with van der Waals surface area (Å²) in [6.07, 6.45) is 0. The first kappa shape index (κ1) is 15.6. The SMILES string of the molecule is COc1cccc(OCc2nn3c(-c4ccc(C)cc4)nnc3s2)c1. The molecule has 0 N–H and O–H groups in total. The molecule has 0 aliphatic rings. The van der Waals surface area contributed by atoms with Crippen LogP contribution >= 0.6 is 11.3 Å². The van der Waals surface area contributed by atoms with Gasteiger partial charge in [0.1, 0.15) is 18.1 Å². The molecule has 0 atom stereocenters. The van der Waals surface area contributed by atoms with Crippen LogP contribution < -0.4 is 9.47 Å². The molecule has 2 heterocycles. The van der Waals surface area contributed by atoms with Gasteiger partial charge in [-0.25, -0.2) is 0 Å². The molecular weight excluding hydrogens is 336 g/mol. The zero-order chi connectivity index (χ0) is 17.2. The van der Waals surface area contributed by atoms with Gasteiger partial charge in [-0.2, -0.15) is 9.61 Å². The number of hydrogen-bond acceptors (Lipinski definition) is 6. The van der Waals surface area contributed by atoms with Crippen molar-refractivity contribution in [2.24, 2.45) is 0 Å². The number of benzene rings is 2. The predicted molar refractivity (Wildman–Crippen MR) is 96.2 cm³/mol. The third-order valence-electron chi connectivity index (χ3n) is 3.75. The lowest BCUT2D eigenvalue weighted by Crippen LogP contribution is -1.97. The lowest BCUT2D eigenvalue weighted by atomic mass is 10.1. The lowest BCUT2D eigenvalue weighted by Gasteiger charge is -2.05. The molecule has 0 spiro atoms. The van der Waals surface area contributed by atoms with Crippen LogP contribution in [0.25, 0.3) is 16.3 Å². The fourth-order valence-electron chi connectivity index (χ4n) is 2.43. The first-order valence-electron chi connectivity index (χ1n) is 7.78. The molecule has 0 radical (unpaired) electrons. The van der Waals surface area contributed by atoms with Crippen LogP contribution in [0.5, 0.6) is 11.5 Å². The second-order valence-corrected chi connectivity index (χ2v) is 6.59. The van der Waals surface area contributed by atoms with Gasteiger partial charge in [-0.05, 0) is 19.1 Å². The number of fused-ring (bicyclic) bond motifs is 1. The number of rotatable bonds is 5. The van der Waals surface area contributed by atoms with Crippen LogP contribution in [0.2, 0.25) is 0 Å². The summed E-state index contributed by atoms with van der Waals surface area (Å²) in [4.78, 5) is 0.750. The topological polar surface area (TPSA) is 61.5 Å². The van der Waals surface area contributed by atoms with Crippen LogP contribution in [0.15, 0.2) is 48.5 Å². The largest absolute Gasteiger partial charge is 0.497 e. The van der Waals surface area contributed by atoms with Crippen LogP contribution in [-0.4, -0.2) is 26.9 Å².